The van der Waals surface area contributed by atoms with E-state index < -0.39 is 4.75 Å². The molecule has 0 saturated carbocycles. The van der Waals surface area contributed by atoms with Crippen molar-refractivity contribution in [1.29, 1.82) is 0 Å². The predicted octanol–water partition coefficient (Wildman–Crippen LogP) is 5.23. The molecule has 27 heavy (non-hydrogen) atoms. The number of carbonyl (C=O) groups is 1. The van der Waals surface area contributed by atoms with Crippen molar-refractivity contribution in [1.82, 2.24) is 0 Å². The Labute approximate surface area is 173 Å². The van der Waals surface area contributed by atoms with Gasteiger partial charge >= 0.3 is 0 Å². The SMILES string of the molecule is COc1ccc(OCCCCBr)c(C2(C)Sc3ccccc3N(C)C2=O)c1. The average Bonchev–Trinajstić information content (AvgIpc) is 2.69. The normalized spacial score (nSPS) is 19.0. The molecule has 1 aliphatic rings. The summed E-state index contributed by atoms with van der Waals surface area (Å²) >= 11 is 5.01. The van der Waals surface area contributed by atoms with Gasteiger partial charge in [-0.1, -0.05) is 28.1 Å². The molecule has 4 nitrogen and oxygen atoms in total. The van der Waals surface area contributed by atoms with Gasteiger partial charge in [-0.2, -0.15) is 0 Å². The Hall–Kier alpha value is -1.66. The fraction of sp³-hybridized carbons (Fsp3) is 0.381. The molecule has 0 aliphatic carbocycles. The number of halogens is 1. The van der Waals surface area contributed by atoms with Crippen LogP contribution in [0.3, 0.4) is 0 Å². The van der Waals surface area contributed by atoms with Gasteiger partial charge in [0.25, 0.3) is 0 Å². The molecular weight excluding hydrogens is 426 g/mol. The molecule has 3 rings (SSSR count). The summed E-state index contributed by atoms with van der Waals surface area (Å²) in [5.41, 5.74) is 1.78. The topological polar surface area (TPSA) is 38.8 Å². The molecule has 6 heteroatoms. The summed E-state index contributed by atoms with van der Waals surface area (Å²) in [6.07, 6.45) is 2.00. The lowest BCUT2D eigenvalue weighted by Crippen LogP contribution is -2.44. The summed E-state index contributed by atoms with van der Waals surface area (Å²) in [6.45, 7) is 2.58. The Morgan fingerprint density at radius 3 is 2.70 bits per heavy atom. The average molecular weight is 450 g/mol. The second kappa shape index (κ2) is 8.57. The lowest BCUT2D eigenvalue weighted by molar-refractivity contribution is -0.120. The number of alkyl halides is 1. The number of unbranched alkanes of at least 4 members (excludes halogenated alkanes) is 1. The van der Waals surface area contributed by atoms with Gasteiger partial charge in [-0.15, -0.1) is 11.8 Å². The molecule has 1 unspecified atom stereocenters. The minimum atomic E-state index is -0.789. The third-order valence-corrected chi connectivity index (χ3v) is 6.67. The van der Waals surface area contributed by atoms with Crippen molar-refractivity contribution in [3.63, 3.8) is 0 Å². The largest absolute Gasteiger partial charge is 0.497 e. The van der Waals surface area contributed by atoms with Crippen molar-refractivity contribution in [2.45, 2.75) is 29.4 Å². The van der Waals surface area contributed by atoms with Gasteiger partial charge in [0, 0.05) is 22.8 Å². The predicted molar refractivity (Wildman–Crippen MR) is 115 cm³/mol. The highest BCUT2D eigenvalue weighted by Gasteiger charge is 2.45. The Bertz CT molecular complexity index is 829. The number of benzene rings is 2. The van der Waals surface area contributed by atoms with Crippen LogP contribution in [-0.4, -0.2) is 32.0 Å². The van der Waals surface area contributed by atoms with Gasteiger partial charge in [-0.05, 0) is 50.1 Å². The van der Waals surface area contributed by atoms with E-state index in [1.807, 2.05) is 50.4 Å². The molecule has 0 spiro atoms. The van der Waals surface area contributed by atoms with Crippen molar-refractivity contribution >= 4 is 39.3 Å². The first-order valence-electron chi connectivity index (χ1n) is 8.94. The number of nitrogens with zero attached hydrogens (tertiary/aromatic N) is 1. The molecule has 0 radical (unpaired) electrons. The zero-order valence-corrected chi connectivity index (χ0v) is 18.2. The van der Waals surface area contributed by atoms with E-state index in [2.05, 4.69) is 22.0 Å². The number of amides is 1. The second-order valence-corrected chi connectivity index (χ2v) is 8.83. The molecule has 1 aliphatic heterocycles. The van der Waals surface area contributed by atoms with E-state index in [0.29, 0.717) is 12.4 Å². The zero-order chi connectivity index (χ0) is 19.4. The number of thioether (sulfide) groups is 1. The highest BCUT2D eigenvalue weighted by Crippen LogP contribution is 2.52. The molecule has 1 heterocycles. The quantitative estimate of drug-likeness (QED) is 0.428. The lowest BCUT2D eigenvalue weighted by Gasteiger charge is -2.39. The summed E-state index contributed by atoms with van der Waals surface area (Å²) in [5.74, 6) is 1.49. The number of fused-ring (bicyclic) bond motifs is 1. The number of para-hydroxylation sites is 1. The molecular formula is C21H24BrNO3S. The molecule has 1 amide bonds. The van der Waals surface area contributed by atoms with E-state index in [4.69, 9.17) is 9.47 Å². The van der Waals surface area contributed by atoms with Gasteiger partial charge in [0.15, 0.2) is 0 Å². The van der Waals surface area contributed by atoms with Crippen molar-refractivity contribution in [3.05, 3.63) is 48.0 Å². The minimum absolute atomic E-state index is 0.0322. The maximum Gasteiger partial charge on any atom is 0.247 e. The number of anilines is 1. The molecule has 0 aromatic heterocycles. The first kappa shape index (κ1) is 20.1. The summed E-state index contributed by atoms with van der Waals surface area (Å²) in [5, 5.41) is 0.958. The molecule has 2 aromatic carbocycles. The van der Waals surface area contributed by atoms with E-state index in [1.165, 1.54) is 0 Å². The van der Waals surface area contributed by atoms with Crippen LogP contribution in [0.25, 0.3) is 0 Å². The summed E-state index contributed by atoms with van der Waals surface area (Å²) in [7, 11) is 3.46. The highest BCUT2D eigenvalue weighted by molar-refractivity contribution is 9.09. The fourth-order valence-corrected chi connectivity index (χ4v) is 4.98. The van der Waals surface area contributed by atoms with Crippen LogP contribution < -0.4 is 14.4 Å². The Balaban J connectivity index is 2.01. The standard InChI is InChI=1S/C21H24BrNO3S/c1-21(20(24)23(2)17-8-4-5-9-19(17)27-21)16-14-15(25-3)10-11-18(16)26-13-7-6-12-22/h4-5,8-11,14H,6-7,12-13H2,1-3H3. The second-order valence-electron chi connectivity index (χ2n) is 6.57. The number of likely N-dealkylation sites (N-methyl/N-ethyl adjacent to an activating group) is 1. The van der Waals surface area contributed by atoms with Crippen LogP contribution in [0.5, 0.6) is 11.5 Å². The third kappa shape index (κ3) is 3.97. The Kier molecular flexibility index (Phi) is 6.37. The van der Waals surface area contributed by atoms with Gasteiger partial charge in [0.2, 0.25) is 5.91 Å². The zero-order valence-electron chi connectivity index (χ0n) is 15.8. The highest BCUT2D eigenvalue weighted by atomic mass is 79.9. The van der Waals surface area contributed by atoms with Crippen LogP contribution in [0.4, 0.5) is 5.69 Å². The lowest BCUT2D eigenvalue weighted by atomic mass is 9.96. The maximum atomic E-state index is 13.3. The summed E-state index contributed by atoms with van der Waals surface area (Å²) in [4.78, 5) is 16.2. The van der Waals surface area contributed by atoms with Crippen molar-refractivity contribution < 1.29 is 14.3 Å². The minimum Gasteiger partial charge on any atom is -0.497 e. The summed E-state index contributed by atoms with van der Waals surface area (Å²) in [6, 6.07) is 13.7. The van der Waals surface area contributed by atoms with Gasteiger partial charge in [-0.3, -0.25) is 4.79 Å². The molecule has 0 bridgehead atoms. The van der Waals surface area contributed by atoms with Crippen molar-refractivity contribution in [2.75, 3.05) is 31.0 Å². The molecule has 2 aromatic rings. The van der Waals surface area contributed by atoms with Crippen molar-refractivity contribution in [3.8, 4) is 11.5 Å². The van der Waals surface area contributed by atoms with Crippen LogP contribution in [0.15, 0.2) is 47.4 Å². The van der Waals surface area contributed by atoms with E-state index >= 15 is 0 Å². The van der Waals surface area contributed by atoms with E-state index in [-0.39, 0.29) is 5.91 Å². The monoisotopic (exact) mass is 449 g/mol. The van der Waals surface area contributed by atoms with E-state index in [9.17, 15) is 4.79 Å². The van der Waals surface area contributed by atoms with Crippen LogP contribution in [-0.2, 0) is 9.54 Å². The van der Waals surface area contributed by atoms with Gasteiger partial charge in [0.05, 0.1) is 19.4 Å². The van der Waals surface area contributed by atoms with Gasteiger partial charge in [0.1, 0.15) is 16.2 Å². The number of hydrogen-bond acceptors (Lipinski definition) is 4. The van der Waals surface area contributed by atoms with Gasteiger partial charge < -0.3 is 14.4 Å². The molecule has 0 saturated heterocycles. The first-order valence-corrected chi connectivity index (χ1v) is 10.9. The maximum absolute atomic E-state index is 13.3. The van der Waals surface area contributed by atoms with Crippen LogP contribution >= 0.6 is 27.7 Å². The number of rotatable bonds is 7. The van der Waals surface area contributed by atoms with Gasteiger partial charge in [-0.25, -0.2) is 0 Å². The van der Waals surface area contributed by atoms with Crippen LogP contribution in [0, 0.1) is 0 Å². The van der Waals surface area contributed by atoms with Crippen molar-refractivity contribution in [2.24, 2.45) is 0 Å². The molecule has 144 valence electrons. The fourth-order valence-electron chi connectivity index (χ4n) is 3.20. The van der Waals surface area contributed by atoms with Crippen LogP contribution in [0.2, 0.25) is 0 Å². The summed E-state index contributed by atoms with van der Waals surface area (Å²) < 4.78 is 10.7. The van der Waals surface area contributed by atoms with Crippen LogP contribution in [0.1, 0.15) is 25.3 Å². The number of methoxy groups -OCH3 is 1. The number of ether oxygens (including phenoxy) is 2. The smallest absolute Gasteiger partial charge is 0.247 e. The third-order valence-electron chi connectivity index (χ3n) is 4.74. The molecule has 0 fully saturated rings. The van der Waals surface area contributed by atoms with E-state index in [1.54, 1.807) is 23.8 Å². The molecule has 0 N–H and O–H groups in total. The molecule has 1 atom stereocenters. The first-order chi connectivity index (χ1) is 13.0. The number of carbonyl (C=O) groups excluding carboxylic acids is 1. The van der Waals surface area contributed by atoms with E-state index in [0.717, 1.165) is 40.1 Å². The number of hydrogen-bond donors (Lipinski definition) is 0. The Morgan fingerprint density at radius 2 is 1.96 bits per heavy atom. The Morgan fingerprint density at radius 1 is 1.19 bits per heavy atom.